The lowest BCUT2D eigenvalue weighted by atomic mass is 10.2. The van der Waals surface area contributed by atoms with Crippen molar-refractivity contribution in [1.82, 2.24) is 4.57 Å². The van der Waals surface area contributed by atoms with Gasteiger partial charge in [-0.2, -0.15) is 4.99 Å². The van der Waals surface area contributed by atoms with Crippen LogP contribution in [0.2, 0.25) is 0 Å². The van der Waals surface area contributed by atoms with Crippen LogP contribution in [-0.4, -0.2) is 23.7 Å². The van der Waals surface area contributed by atoms with E-state index in [-0.39, 0.29) is 5.91 Å². The van der Waals surface area contributed by atoms with Crippen LogP contribution < -0.4 is 14.3 Å². The van der Waals surface area contributed by atoms with Crippen LogP contribution in [-0.2, 0) is 7.05 Å². The molecule has 0 bridgehead atoms. The summed E-state index contributed by atoms with van der Waals surface area (Å²) in [5.41, 5.74) is 1.57. The zero-order chi connectivity index (χ0) is 19.9. The molecule has 1 aromatic heterocycles. The Bertz CT molecular complexity index is 1000. The quantitative estimate of drug-likeness (QED) is 0.505. The van der Waals surface area contributed by atoms with Crippen molar-refractivity contribution in [3.8, 4) is 11.5 Å². The zero-order valence-electron chi connectivity index (χ0n) is 16.6. The largest absolute Gasteiger partial charge is 0.494 e. The van der Waals surface area contributed by atoms with E-state index in [9.17, 15) is 4.79 Å². The summed E-state index contributed by atoms with van der Waals surface area (Å²) in [6.07, 6.45) is 3.37. The molecule has 28 heavy (non-hydrogen) atoms. The van der Waals surface area contributed by atoms with Crippen molar-refractivity contribution >= 4 is 27.5 Å². The van der Waals surface area contributed by atoms with Gasteiger partial charge >= 0.3 is 0 Å². The molecular formula is C22H26N2O3S. The van der Waals surface area contributed by atoms with Crippen LogP contribution in [0.4, 0.5) is 0 Å². The first-order chi connectivity index (χ1) is 13.6. The third-order valence-electron chi connectivity index (χ3n) is 4.41. The number of unbranched alkanes of at least 4 members (excludes halogenated alkanes) is 2. The molecule has 5 nitrogen and oxygen atoms in total. The Labute approximate surface area is 169 Å². The maximum atomic E-state index is 12.6. The fourth-order valence-electron chi connectivity index (χ4n) is 2.86. The third-order valence-corrected chi connectivity index (χ3v) is 5.50. The summed E-state index contributed by atoms with van der Waals surface area (Å²) in [4.78, 5) is 17.6. The van der Waals surface area contributed by atoms with Crippen molar-refractivity contribution in [3.05, 3.63) is 52.8 Å². The second-order valence-electron chi connectivity index (χ2n) is 6.50. The minimum absolute atomic E-state index is 0.260. The van der Waals surface area contributed by atoms with Gasteiger partial charge in [-0.3, -0.25) is 4.79 Å². The van der Waals surface area contributed by atoms with Crippen molar-refractivity contribution in [2.75, 3.05) is 13.2 Å². The van der Waals surface area contributed by atoms with Gasteiger partial charge in [-0.05, 0) is 55.8 Å². The highest BCUT2D eigenvalue weighted by molar-refractivity contribution is 7.16. The van der Waals surface area contributed by atoms with Gasteiger partial charge in [0.15, 0.2) is 4.80 Å². The molecule has 3 aromatic rings. The number of benzene rings is 2. The Kier molecular flexibility index (Phi) is 6.87. The van der Waals surface area contributed by atoms with E-state index >= 15 is 0 Å². The fraction of sp³-hybridized carbons (Fsp3) is 0.364. The highest BCUT2D eigenvalue weighted by atomic mass is 32.1. The van der Waals surface area contributed by atoms with Crippen LogP contribution in [0.25, 0.3) is 10.2 Å². The maximum Gasteiger partial charge on any atom is 0.279 e. The number of rotatable bonds is 8. The summed E-state index contributed by atoms with van der Waals surface area (Å²) >= 11 is 1.48. The normalized spacial score (nSPS) is 11.8. The maximum absolute atomic E-state index is 12.6. The molecule has 2 aromatic carbocycles. The molecule has 0 saturated carbocycles. The van der Waals surface area contributed by atoms with Gasteiger partial charge in [-0.15, -0.1) is 0 Å². The molecule has 0 N–H and O–H groups in total. The Morgan fingerprint density at radius 3 is 2.50 bits per heavy atom. The number of fused-ring (bicyclic) bond motifs is 1. The predicted octanol–water partition coefficient (Wildman–Crippen LogP) is 4.95. The first kappa shape index (κ1) is 20.1. The van der Waals surface area contributed by atoms with Crippen molar-refractivity contribution < 1.29 is 14.3 Å². The van der Waals surface area contributed by atoms with Crippen LogP contribution in [0.5, 0.6) is 11.5 Å². The van der Waals surface area contributed by atoms with Crippen LogP contribution in [0.15, 0.2) is 47.5 Å². The summed E-state index contributed by atoms with van der Waals surface area (Å²) < 4.78 is 14.2. The second-order valence-corrected chi connectivity index (χ2v) is 7.51. The molecule has 0 aliphatic carbocycles. The molecule has 6 heteroatoms. The molecule has 148 valence electrons. The minimum atomic E-state index is -0.260. The smallest absolute Gasteiger partial charge is 0.279 e. The molecular weight excluding hydrogens is 372 g/mol. The average Bonchev–Trinajstić information content (AvgIpc) is 3.01. The summed E-state index contributed by atoms with van der Waals surface area (Å²) in [6, 6.07) is 13.1. The molecule has 0 unspecified atom stereocenters. The van der Waals surface area contributed by atoms with Gasteiger partial charge < -0.3 is 14.0 Å². The van der Waals surface area contributed by atoms with E-state index in [0.29, 0.717) is 23.6 Å². The molecule has 1 amide bonds. The number of ether oxygens (including phenoxy) is 2. The Morgan fingerprint density at radius 2 is 1.79 bits per heavy atom. The van der Waals surface area contributed by atoms with Gasteiger partial charge in [0.25, 0.3) is 5.91 Å². The van der Waals surface area contributed by atoms with Gasteiger partial charge in [0.2, 0.25) is 0 Å². The molecule has 0 atom stereocenters. The Balaban J connectivity index is 1.77. The van der Waals surface area contributed by atoms with E-state index in [2.05, 4.69) is 11.9 Å². The van der Waals surface area contributed by atoms with Crippen LogP contribution in [0.3, 0.4) is 0 Å². The topological polar surface area (TPSA) is 52.8 Å². The third kappa shape index (κ3) is 4.81. The monoisotopic (exact) mass is 398 g/mol. The molecule has 0 aliphatic rings. The van der Waals surface area contributed by atoms with E-state index in [0.717, 1.165) is 34.6 Å². The van der Waals surface area contributed by atoms with E-state index in [1.54, 1.807) is 12.1 Å². The van der Waals surface area contributed by atoms with E-state index in [1.807, 2.05) is 48.9 Å². The summed E-state index contributed by atoms with van der Waals surface area (Å²) in [5.74, 6) is 1.34. The SMILES string of the molecule is CCCCCOc1ccc(C(=O)N=c2sc3cc(OCC)ccc3n2C)cc1. The lowest BCUT2D eigenvalue weighted by molar-refractivity contribution is 0.0998. The average molecular weight is 399 g/mol. The van der Waals surface area contributed by atoms with Gasteiger partial charge in [0, 0.05) is 12.6 Å². The number of aromatic nitrogens is 1. The molecule has 0 saturated heterocycles. The fourth-order valence-corrected chi connectivity index (χ4v) is 3.91. The number of nitrogens with zero attached hydrogens (tertiary/aromatic N) is 2. The first-order valence-corrected chi connectivity index (χ1v) is 10.5. The standard InChI is InChI=1S/C22H26N2O3S/c1-4-6-7-14-27-17-10-8-16(9-11-17)21(25)23-22-24(3)19-13-12-18(26-5-2)15-20(19)28-22/h8-13,15H,4-7,14H2,1-3H3. The molecule has 1 heterocycles. The summed E-state index contributed by atoms with van der Waals surface area (Å²) in [6.45, 7) is 5.45. The van der Waals surface area contributed by atoms with Gasteiger partial charge in [0.05, 0.1) is 23.4 Å². The van der Waals surface area contributed by atoms with Crippen LogP contribution in [0.1, 0.15) is 43.5 Å². The highest BCUT2D eigenvalue weighted by Gasteiger charge is 2.08. The predicted molar refractivity (Wildman–Crippen MR) is 113 cm³/mol. The van der Waals surface area contributed by atoms with Gasteiger partial charge in [-0.1, -0.05) is 31.1 Å². The summed E-state index contributed by atoms with van der Waals surface area (Å²) in [5, 5.41) is 0. The number of hydrogen-bond donors (Lipinski definition) is 0. The molecule has 3 rings (SSSR count). The number of hydrogen-bond acceptors (Lipinski definition) is 4. The van der Waals surface area contributed by atoms with E-state index in [1.165, 1.54) is 17.8 Å². The lowest BCUT2D eigenvalue weighted by Gasteiger charge is -2.05. The van der Waals surface area contributed by atoms with Crippen LogP contribution >= 0.6 is 11.3 Å². The van der Waals surface area contributed by atoms with Crippen molar-refractivity contribution in [2.24, 2.45) is 12.0 Å². The summed E-state index contributed by atoms with van der Waals surface area (Å²) in [7, 11) is 1.92. The van der Waals surface area contributed by atoms with Gasteiger partial charge in [-0.25, -0.2) is 0 Å². The minimum Gasteiger partial charge on any atom is -0.494 e. The van der Waals surface area contributed by atoms with E-state index in [4.69, 9.17) is 9.47 Å². The number of thiazole rings is 1. The molecule has 0 radical (unpaired) electrons. The van der Waals surface area contributed by atoms with Crippen molar-refractivity contribution in [1.29, 1.82) is 0 Å². The van der Waals surface area contributed by atoms with E-state index < -0.39 is 0 Å². The number of aryl methyl sites for hydroxylation is 1. The molecule has 0 spiro atoms. The van der Waals surface area contributed by atoms with Gasteiger partial charge in [0.1, 0.15) is 11.5 Å². The number of carbonyl (C=O) groups is 1. The lowest BCUT2D eigenvalue weighted by Crippen LogP contribution is -2.13. The van der Waals surface area contributed by atoms with Crippen molar-refractivity contribution in [3.63, 3.8) is 0 Å². The Hall–Kier alpha value is -2.60. The number of carbonyl (C=O) groups excluding carboxylic acids is 1. The second kappa shape index (κ2) is 9.55. The number of amides is 1. The molecule has 0 aliphatic heterocycles. The first-order valence-electron chi connectivity index (χ1n) is 9.66. The molecule has 0 fully saturated rings. The van der Waals surface area contributed by atoms with Crippen molar-refractivity contribution in [2.45, 2.75) is 33.1 Å². The highest BCUT2D eigenvalue weighted by Crippen LogP contribution is 2.23. The Morgan fingerprint density at radius 1 is 1.04 bits per heavy atom. The van der Waals surface area contributed by atoms with Crippen LogP contribution in [0, 0.1) is 0 Å². The zero-order valence-corrected chi connectivity index (χ0v) is 17.4.